The fourth-order valence-electron chi connectivity index (χ4n) is 4.43. The molecule has 30 heavy (non-hydrogen) atoms. The van der Waals surface area contributed by atoms with Crippen molar-refractivity contribution >= 4 is 11.9 Å². The molecule has 168 valence electrons. The topological polar surface area (TPSA) is 65.1 Å². The van der Waals surface area contributed by atoms with Crippen LogP contribution in [0.25, 0.3) is 0 Å². The summed E-state index contributed by atoms with van der Waals surface area (Å²) in [5.41, 5.74) is 0.910. The maximum atomic E-state index is 12.3. The monoisotopic (exact) mass is 419 g/mol. The number of piperidine rings is 1. The zero-order chi connectivity index (χ0) is 22.4. The number of rotatable bonds is 9. The van der Waals surface area contributed by atoms with Gasteiger partial charge in [-0.15, -0.1) is 0 Å². The van der Waals surface area contributed by atoms with Crippen LogP contribution in [0.4, 0.5) is 0 Å². The molecule has 1 saturated heterocycles. The van der Waals surface area contributed by atoms with Crippen LogP contribution in [0.15, 0.2) is 30.3 Å². The molecule has 0 radical (unpaired) electrons. The molecule has 6 heteroatoms. The molecular weight excluding hydrogens is 382 g/mol. The largest absolute Gasteiger partial charge is 0.468 e. The van der Waals surface area contributed by atoms with Crippen LogP contribution in [0.1, 0.15) is 65.4 Å². The first kappa shape index (κ1) is 24.4. The maximum Gasteiger partial charge on any atom is 0.320 e. The predicted molar refractivity (Wildman–Crippen MR) is 116 cm³/mol. The Labute approximate surface area is 180 Å². The Morgan fingerprint density at radius 3 is 2.00 bits per heavy atom. The summed E-state index contributed by atoms with van der Waals surface area (Å²) in [6.07, 6.45) is 4.55. The fourth-order valence-corrected chi connectivity index (χ4v) is 4.43. The molecule has 1 aliphatic heterocycles. The number of ether oxygens (including phenoxy) is 2. The molecule has 1 aromatic carbocycles. The van der Waals surface area contributed by atoms with Crippen molar-refractivity contribution in [3.8, 4) is 0 Å². The average molecular weight is 420 g/mol. The number of benzene rings is 1. The molecule has 0 aliphatic carbocycles. The van der Waals surface area contributed by atoms with Gasteiger partial charge >= 0.3 is 11.9 Å². The van der Waals surface area contributed by atoms with Gasteiger partial charge in [-0.2, -0.15) is 5.06 Å². The Morgan fingerprint density at radius 1 is 0.967 bits per heavy atom. The first-order valence-corrected chi connectivity index (χ1v) is 10.8. The van der Waals surface area contributed by atoms with Gasteiger partial charge in [0.2, 0.25) is 0 Å². The van der Waals surface area contributed by atoms with Gasteiger partial charge in [0.1, 0.15) is 0 Å². The van der Waals surface area contributed by atoms with E-state index >= 15 is 0 Å². The Balaban J connectivity index is 2.25. The first-order chi connectivity index (χ1) is 14.1. The number of hydroxylamine groups is 2. The minimum absolute atomic E-state index is 0.140. The number of carbonyl (C=O) groups is 2. The molecule has 1 heterocycles. The summed E-state index contributed by atoms with van der Waals surface area (Å²) in [4.78, 5) is 31.1. The Morgan fingerprint density at radius 2 is 1.50 bits per heavy atom. The second kappa shape index (κ2) is 10.4. The van der Waals surface area contributed by atoms with Gasteiger partial charge in [-0.05, 0) is 71.8 Å². The summed E-state index contributed by atoms with van der Waals surface area (Å²) >= 11 is 0. The van der Waals surface area contributed by atoms with Gasteiger partial charge in [0, 0.05) is 11.1 Å². The van der Waals surface area contributed by atoms with Crippen molar-refractivity contribution in [2.24, 2.45) is 5.92 Å². The minimum atomic E-state index is -1.00. The van der Waals surface area contributed by atoms with Gasteiger partial charge in [-0.1, -0.05) is 30.3 Å². The molecule has 1 aromatic rings. The quantitative estimate of drug-likeness (QED) is 0.439. The van der Waals surface area contributed by atoms with Crippen LogP contribution in [0.5, 0.6) is 0 Å². The van der Waals surface area contributed by atoms with Crippen molar-refractivity contribution in [2.45, 2.75) is 83.4 Å². The van der Waals surface area contributed by atoms with Crippen molar-refractivity contribution in [3.63, 3.8) is 0 Å². The molecule has 0 spiro atoms. The molecule has 2 rings (SSSR count). The lowest BCUT2D eigenvalue weighted by molar-refractivity contribution is -0.307. The highest BCUT2D eigenvalue weighted by molar-refractivity contribution is 5.94. The van der Waals surface area contributed by atoms with E-state index in [-0.39, 0.29) is 23.6 Å². The highest BCUT2D eigenvalue weighted by atomic mass is 16.7. The van der Waals surface area contributed by atoms with E-state index in [1.165, 1.54) is 19.8 Å². The van der Waals surface area contributed by atoms with E-state index in [4.69, 9.17) is 14.3 Å². The van der Waals surface area contributed by atoms with E-state index in [9.17, 15) is 9.59 Å². The SMILES string of the molecule is COC(=O)C(CC(CCc1ccccc1)ON1C(C)(C)CCCC1(C)C)C(=O)OC. The lowest BCUT2D eigenvalue weighted by Gasteiger charge is -2.52. The van der Waals surface area contributed by atoms with E-state index in [1.807, 2.05) is 18.2 Å². The van der Waals surface area contributed by atoms with Crippen molar-refractivity contribution in [3.05, 3.63) is 35.9 Å². The standard InChI is InChI=1S/C24H37NO5/c1-23(2)15-10-16-24(3,4)25(23)30-19(14-13-18-11-8-7-9-12-18)17-20(21(26)28-5)22(27)29-6/h7-9,11-12,19-20H,10,13-17H2,1-6H3. The average Bonchev–Trinajstić information content (AvgIpc) is 2.71. The van der Waals surface area contributed by atoms with E-state index in [1.54, 1.807) is 0 Å². The maximum absolute atomic E-state index is 12.3. The number of hydrogen-bond acceptors (Lipinski definition) is 6. The molecule has 0 N–H and O–H groups in total. The van der Waals surface area contributed by atoms with Crippen LogP contribution in [0.2, 0.25) is 0 Å². The van der Waals surface area contributed by atoms with Crippen molar-refractivity contribution in [1.29, 1.82) is 0 Å². The van der Waals surface area contributed by atoms with Gasteiger partial charge in [0.15, 0.2) is 5.92 Å². The second-order valence-electron chi connectivity index (χ2n) is 9.36. The summed E-state index contributed by atoms with van der Waals surface area (Å²) in [6.45, 7) is 8.72. The first-order valence-electron chi connectivity index (χ1n) is 10.8. The van der Waals surface area contributed by atoms with E-state index in [0.717, 1.165) is 25.7 Å². The summed E-state index contributed by atoms with van der Waals surface area (Å²) in [6, 6.07) is 10.1. The molecule has 1 unspecified atom stereocenters. The van der Waals surface area contributed by atoms with E-state index in [2.05, 4.69) is 44.9 Å². The summed E-state index contributed by atoms with van der Waals surface area (Å²) in [5.74, 6) is -2.18. The molecule has 0 amide bonds. The molecule has 6 nitrogen and oxygen atoms in total. The zero-order valence-electron chi connectivity index (χ0n) is 19.3. The smallest absolute Gasteiger partial charge is 0.320 e. The van der Waals surface area contributed by atoms with Gasteiger partial charge < -0.3 is 9.47 Å². The van der Waals surface area contributed by atoms with E-state index in [0.29, 0.717) is 6.42 Å². The third-order valence-corrected chi connectivity index (χ3v) is 6.00. The summed E-state index contributed by atoms with van der Waals surface area (Å²) in [5, 5.41) is 2.09. The molecule has 0 saturated carbocycles. The predicted octanol–water partition coefficient (Wildman–Crippen LogP) is 4.31. The molecular formula is C24H37NO5. The van der Waals surface area contributed by atoms with Crippen molar-refractivity contribution < 1.29 is 23.9 Å². The molecule has 1 atom stereocenters. The summed E-state index contributed by atoms with van der Waals surface area (Å²) < 4.78 is 9.72. The van der Waals surface area contributed by atoms with Gasteiger partial charge in [0.25, 0.3) is 0 Å². The molecule has 0 bridgehead atoms. The summed E-state index contributed by atoms with van der Waals surface area (Å²) in [7, 11) is 2.57. The van der Waals surface area contributed by atoms with Crippen molar-refractivity contribution in [1.82, 2.24) is 5.06 Å². The zero-order valence-corrected chi connectivity index (χ0v) is 19.3. The van der Waals surface area contributed by atoms with Crippen LogP contribution in [0.3, 0.4) is 0 Å². The second-order valence-corrected chi connectivity index (χ2v) is 9.36. The molecule has 1 fully saturated rings. The highest BCUT2D eigenvalue weighted by Gasteiger charge is 2.44. The molecule has 0 aromatic heterocycles. The van der Waals surface area contributed by atoms with Gasteiger partial charge in [-0.25, -0.2) is 0 Å². The van der Waals surface area contributed by atoms with Crippen LogP contribution >= 0.6 is 0 Å². The minimum Gasteiger partial charge on any atom is -0.468 e. The van der Waals surface area contributed by atoms with Crippen LogP contribution in [-0.4, -0.2) is 48.4 Å². The lowest BCUT2D eigenvalue weighted by atomic mass is 9.82. The number of aryl methyl sites for hydroxylation is 1. The van der Waals surface area contributed by atoms with Gasteiger partial charge in [0.05, 0.1) is 20.3 Å². The van der Waals surface area contributed by atoms with Crippen LogP contribution in [0, 0.1) is 5.92 Å². The van der Waals surface area contributed by atoms with Crippen molar-refractivity contribution in [2.75, 3.05) is 14.2 Å². The third-order valence-electron chi connectivity index (χ3n) is 6.00. The number of nitrogens with zero attached hydrogens (tertiary/aromatic N) is 1. The number of methoxy groups -OCH3 is 2. The fraction of sp³-hybridized carbons (Fsp3) is 0.667. The normalized spacial score (nSPS) is 19.3. The Bertz CT molecular complexity index is 669. The number of hydrogen-bond donors (Lipinski definition) is 0. The third kappa shape index (κ3) is 6.29. The Kier molecular flexibility index (Phi) is 8.44. The number of carbonyl (C=O) groups excluding carboxylic acids is 2. The van der Waals surface area contributed by atoms with E-state index < -0.39 is 17.9 Å². The molecule has 1 aliphatic rings. The Hall–Kier alpha value is -1.92. The van der Waals surface area contributed by atoms with Crippen LogP contribution < -0.4 is 0 Å². The van der Waals surface area contributed by atoms with Crippen LogP contribution in [-0.2, 0) is 30.3 Å². The number of esters is 2. The lowest BCUT2D eigenvalue weighted by Crippen LogP contribution is -2.59. The highest BCUT2D eigenvalue weighted by Crippen LogP contribution is 2.39. The van der Waals surface area contributed by atoms with Gasteiger partial charge in [-0.3, -0.25) is 14.4 Å².